The van der Waals surface area contributed by atoms with Crippen molar-refractivity contribution >= 4 is 40.5 Å². The van der Waals surface area contributed by atoms with Crippen LogP contribution in [-0.2, 0) is 9.59 Å². The molecule has 3 rings (SSSR count). The molecule has 0 atom stereocenters. The van der Waals surface area contributed by atoms with Crippen molar-refractivity contribution in [2.75, 3.05) is 23.4 Å². The smallest absolute Gasteiger partial charge is 0.271 e. The predicted octanol–water partition coefficient (Wildman–Crippen LogP) is 2.61. The van der Waals surface area contributed by atoms with Gasteiger partial charge in [0, 0.05) is 22.8 Å². The SMILES string of the molecule is O=C(CN1C(=O)COc2ccc(Cl)cc21)Nc1cccc([N+](=O)[O-])c1. The summed E-state index contributed by atoms with van der Waals surface area (Å²) in [4.78, 5) is 35.8. The zero-order valence-electron chi connectivity index (χ0n) is 12.8. The Morgan fingerprint density at radius 2 is 2.12 bits per heavy atom. The number of fused-ring (bicyclic) bond motifs is 1. The second-order valence-electron chi connectivity index (χ2n) is 5.24. The highest BCUT2D eigenvalue weighted by molar-refractivity contribution is 6.31. The highest BCUT2D eigenvalue weighted by Crippen LogP contribution is 2.34. The number of nitro benzene ring substituents is 1. The Kier molecular flexibility index (Phi) is 4.53. The minimum Gasteiger partial charge on any atom is -0.482 e. The molecule has 9 heteroatoms. The van der Waals surface area contributed by atoms with E-state index in [1.54, 1.807) is 12.1 Å². The van der Waals surface area contributed by atoms with E-state index in [9.17, 15) is 19.7 Å². The maximum absolute atomic E-state index is 12.3. The van der Waals surface area contributed by atoms with Crippen molar-refractivity contribution in [1.82, 2.24) is 0 Å². The van der Waals surface area contributed by atoms with Crippen molar-refractivity contribution in [3.8, 4) is 5.75 Å². The van der Waals surface area contributed by atoms with Gasteiger partial charge < -0.3 is 10.1 Å². The predicted molar refractivity (Wildman–Crippen MR) is 91.0 cm³/mol. The molecule has 1 N–H and O–H groups in total. The van der Waals surface area contributed by atoms with Crippen LogP contribution in [0.1, 0.15) is 0 Å². The van der Waals surface area contributed by atoms with E-state index in [4.69, 9.17) is 16.3 Å². The van der Waals surface area contributed by atoms with Crippen molar-refractivity contribution in [3.63, 3.8) is 0 Å². The van der Waals surface area contributed by atoms with Gasteiger partial charge in [-0.15, -0.1) is 0 Å². The van der Waals surface area contributed by atoms with E-state index >= 15 is 0 Å². The Bertz CT molecular complexity index is 871. The standard InChI is InChI=1S/C16H12ClN3O5/c17-10-4-5-14-13(6-10)19(16(22)9-25-14)8-15(21)18-11-2-1-3-12(7-11)20(23)24/h1-7H,8-9H2,(H,18,21). The van der Waals surface area contributed by atoms with Crippen LogP contribution in [0, 0.1) is 10.1 Å². The lowest BCUT2D eigenvalue weighted by molar-refractivity contribution is -0.384. The number of nitrogens with zero attached hydrogens (tertiary/aromatic N) is 2. The molecule has 0 spiro atoms. The number of rotatable bonds is 4. The number of halogens is 1. The number of nitrogens with one attached hydrogen (secondary N) is 1. The van der Waals surface area contributed by atoms with Crippen molar-refractivity contribution in [2.45, 2.75) is 0 Å². The van der Waals surface area contributed by atoms with Crippen molar-refractivity contribution in [1.29, 1.82) is 0 Å². The lowest BCUT2D eigenvalue weighted by atomic mass is 10.2. The van der Waals surface area contributed by atoms with Crippen LogP contribution >= 0.6 is 11.6 Å². The molecule has 1 aliphatic heterocycles. The Morgan fingerprint density at radius 1 is 1.32 bits per heavy atom. The molecule has 2 aromatic rings. The highest BCUT2D eigenvalue weighted by atomic mass is 35.5. The van der Waals surface area contributed by atoms with Gasteiger partial charge in [0.1, 0.15) is 12.3 Å². The van der Waals surface area contributed by atoms with Gasteiger partial charge in [-0.1, -0.05) is 17.7 Å². The monoisotopic (exact) mass is 361 g/mol. The van der Waals surface area contributed by atoms with E-state index in [0.29, 0.717) is 16.5 Å². The van der Waals surface area contributed by atoms with Gasteiger partial charge in [0.15, 0.2) is 6.61 Å². The summed E-state index contributed by atoms with van der Waals surface area (Å²) in [6.07, 6.45) is 0. The molecular weight excluding hydrogens is 350 g/mol. The number of amides is 2. The maximum Gasteiger partial charge on any atom is 0.271 e. The summed E-state index contributed by atoms with van der Waals surface area (Å²) in [7, 11) is 0. The molecule has 0 saturated carbocycles. The Balaban J connectivity index is 1.77. The summed E-state index contributed by atoms with van der Waals surface area (Å²) in [6.45, 7) is -0.447. The summed E-state index contributed by atoms with van der Waals surface area (Å²) in [5.41, 5.74) is 0.529. The second-order valence-corrected chi connectivity index (χ2v) is 5.67. The first kappa shape index (κ1) is 16.7. The summed E-state index contributed by atoms with van der Waals surface area (Å²) >= 11 is 5.95. The van der Waals surface area contributed by atoms with E-state index in [0.717, 1.165) is 0 Å². The van der Waals surface area contributed by atoms with E-state index in [1.165, 1.54) is 35.2 Å². The second kappa shape index (κ2) is 6.78. The van der Waals surface area contributed by atoms with Gasteiger partial charge in [-0.2, -0.15) is 0 Å². The molecule has 1 heterocycles. The summed E-state index contributed by atoms with van der Waals surface area (Å²) in [6, 6.07) is 10.3. The Hall–Kier alpha value is -3.13. The van der Waals surface area contributed by atoms with E-state index in [-0.39, 0.29) is 30.4 Å². The largest absolute Gasteiger partial charge is 0.482 e. The van der Waals surface area contributed by atoms with Gasteiger partial charge in [-0.25, -0.2) is 0 Å². The van der Waals surface area contributed by atoms with E-state index in [2.05, 4.69) is 5.32 Å². The van der Waals surface area contributed by atoms with Crippen LogP contribution in [0.3, 0.4) is 0 Å². The topological polar surface area (TPSA) is 102 Å². The molecular formula is C16H12ClN3O5. The molecule has 0 aliphatic carbocycles. The van der Waals surface area contributed by atoms with Crippen molar-refractivity contribution in [2.24, 2.45) is 0 Å². The number of hydrogen-bond acceptors (Lipinski definition) is 5. The molecule has 8 nitrogen and oxygen atoms in total. The molecule has 0 radical (unpaired) electrons. The highest BCUT2D eigenvalue weighted by Gasteiger charge is 2.27. The fourth-order valence-corrected chi connectivity index (χ4v) is 2.56. The number of carbonyl (C=O) groups excluding carboxylic acids is 2. The van der Waals surface area contributed by atoms with Crippen LogP contribution in [0.2, 0.25) is 5.02 Å². The number of carbonyl (C=O) groups is 2. The average molecular weight is 362 g/mol. The normalized spacial score (nSPS) is 13.0. The summed E-state index contributed by atoms with van der Waals surface area (Å²) < 4.78 is 5.31. The van der Waals surface area contributed by atoms with Gasteiger partial charge in [-0.3, -0.25) is 24.6 Å². The third kappa shape index (κ3) is 3.69. The third-order valence-electron chi connectivity index (χ3n) is 3.51. The average Bonchev–Trinajstić information content (AvgIpc) is 2.58. The Morgan fingerprint density at radius 3 is 2.88 bits per heavy atom. The molecule has 2 amide bonds. The van der Waals surface area contributed by atoms with Crippen LogP contribution < -0.4 is 15.0 Å². The maximum atomic E-state index is 12.3. The van der Waals surface area contributed by atoms with Gasteiger partial charge in [0.05, 0.1) is 10.6 Å². The van der Waals surface area contributed by atoms with Crippen molar-refractivity contribution in [3.05, 3.63) is 57.6 Å². The fraction of sp³-hybridized carbons (Fsp3) is 0.125. The summed E-state index contributed by atoms with van der Waals surface area (Å²) in [5.74, 6) is -0.433. The van der Waals surface area contributed by atoms with Crippen LogP contribution in [0.25, 0.3) is 0 Å². The van der Waals surface area contributed by atoms with E-state index in [1.807, 2.05) is 0 Å². The summed E-state index contributed by atoms with van der Waals surface area (Å²) in [5, 5.41) is 13.7. The lowest BCUT2D eigenvalue weighted by Crippen LogP contribution is -2.43. The first-order valence-electron chi connectivity index (χ1n) is 7.21. The van der Waals surface area contributed by atoms with Gasteiger partial charge >= 0.3 is 0 Å². The molecule has 0 saturated heterocycles. The van der Waals surface area contributed by atoms with Gasteiger partial charge in [0.2, 0.25) is 5.91 Å². The van der Waals surface area contributed by atoms with Crippen molar-refractivity contribution < 1.29 is 19.2 Å². The first-order chi connectivity index (χ1) is 11.9. The fourth-order valence-electron chi connectivity index (χ4n) is 2.39. The molecule has 0 fully saturated rings. The molecule has 0 bridgehead atoms. The van der Waals surface area contributed by atoms with E-state index < -0.39 is 10.8 Å². The first-order valence-corrected chi connectivity index (χ1v) is 7.59. The zero-order valence-corrected chi connectivity index (χ0v) is 13.5. The Labute approximate surface area is 147 Å². The quantitative estimate of drug-likeness (QED) is 0.666. The number of hydrogen-bond donors (Lipinski definition) is 1. The number of non-ortho nitro benzene ring substituents is 1. The zero-order chi connectivity index (χ0) is 18.0. The minimum atomic E-state index is -0.556. The molecule has 0 unspecified atom stereocenters. The molecule has 128 valence electrons. The minimum absolute atomic E-state index is 0.141. The lowest BCUT2D eigenvalue weighted by Gasteiger charge is -2.29. The number of ether oxygens (including phenoxy) is 1. The number of benzene rings is 2. The number of anilines is 2. The van der Waals surface area contributed by atoms with Crippen LogP contribution in [0.5, 0.6) is 5.75 Å². The molecule has 2 aromatic carbocycles. The van der Waals surface area contributed by atoms with Crippen LogP contribution in [0.4, 0.5) is 17.1 Å². The molecule has 25 heavy (non-hydrogen) atoms. The number of nitro groups is 1. The van der Waals surface area contributed by atoms with Crippen LogP contribution in [-0.4, -0.2) is 29.9 Å². The molecule has 1 aliphatic rings. The van der Waals surface area contributed by atoms with Gasteiger partial charge in [-0.05, 0) is 24.3 Å². The third-order valence-corrected chi connectivity index (χ3v) is 3.74. The molecule has 0 aromatic heterocycles. The van der Waals surface area contributed by atoms with Gasteiger partial charge in [0.25, 0.3) is 11.6 Å². The van der Waals surface area contributed by atoms with Crippen LogP contribution in [0.15, 0.2) is 42.5 Å².